The molecule has 2 nitrogen and oxygen atoms in total. The average Bonchev–Trinajstić information content (AvgIpc) is 2.66. The van der Waals surface area contributed by atoms with E-state index in [1.807, 2.05) is 36.4 Å². The molecule has 6 rings (SSSR count). The Morgan fingerprint density at radius 2 is 1.37 bits per heavy atom. The SMILES string of the molecule is O=C(NC12CC3CC(CC(C3)C1)C2)C(Sc1ccccc1)c1ccccc1. The minimum absolute atomic E-state index is 0.0656. The topological polar surface area (TPSA) is 29.1 Å². The van der Waals surface area contributed by atoms with Crippen LogP contribution in [0.4, 0.5) is 0 Å². The summed E-state index contributed by atoms with van der Waals surface area (Å²) in [5.41, 5.74) is 1.16. The van der Waals surface area contributed by atoms with E-state index in [9.17, 15) is 4.79 Å². The Hall–Kier alpha value is -1.74. The predicted octanol–water partition coefficient (Wildman–Crippen LogP) is 5.61. The van der Waals surface area contributed by atoms with E-state index < -0.39 is 0 Å². The zero-order chi connectivity index (χ0) is 18.3. The van der Waals surface area contributed by atoms with Crippen molar-refractivity contribution in [3.05, 3.63) is 66.2 Å². The van der Waals surface area contributed by atoms with Gasteiger partial charge in [0.05, 0.1) is 0 Å². The predicted molar refractivity (Wildman–Crippen MR) is 111 cm³/mol. The average molecular weight is 378 g/mol. The van der Waals surface area contributed by atoms with Crippen LogP contribution in [0.2, 0.25) is 0 Å². The van der Waals surface area contributed by atoms with Gasteiger partial charge < -0.3 is 5.32 Å². The van der Waals surface area contributed by atoms with Gasteiger partial charge in [0.2, 0.25) is 5.91 Å². The maximum Gasteiger partial charge on any atom is 0.238 e. The van der Waals surface area contributed by atoms with Gasteiger partial charge in [-0.1, -0.05) is 48.5 Å². The quantitative estimate of drug-likeness (QED) is 0.687. The van der Waals surface area contributed by atoms with Crippen LogP contribution in [-0.4, -0.2) is 11.4 Å². The normalized spacial score (nSPS) is 32.2. The first-order valence-electron chi connectivity index (χ1n) is 10.3. The van der Waals surface area contributed by atoms with Gasteiger partial charge in [0.25, 0.3) is 0 Å². The zero-order valence-electron chi connectivity index (χ0n) is 15.6. The number of hydrogen-bond donors (Lipinski definition) is 1. The number of carbonyl (C=O) groups is 1. The van der Waals surface area contributed by atoms with Crippen LogP contribution in [0.1, 0.15) is 49.3 Å². The molecule has 2 aromatic carbocycles. The van der Waals surface area contributed by atoms with Crippen molar-refractivity contribution in [2.24, 2.45) is 17.8 Å². The highest BCUT2D eigenvalue weighted by molar-refractivity contribution is 8.00. The number of benzene rings is 2. The summed E-state index contributed by atoms with van der Waals surface area (Å²) >= 11 is 1.67. The first-order valence-corrected chi connectivity index (χ1v) is 11.2. The molecule has 0 aliphatic heterocycles. The van der Waals surface area contributed by atoms with Gasteiger partial charge in [-0.05, 0) is 74.0 Å². The lowest BCUT2D eigenvalue weighted by Gasteiger charge is -2.57. The van der Waals surface area contributed by atoms with Crippen molar-refractivity contribution in [3.63, 3.8) is 0 Å². The van der Waals surface area contributed by atoms with Crippen LogP contribution in [0.15, 0.2) is 65.6 Å². The Labute approximate surface area is 166 Å². The summed E-state index contributed by atoms with van der Waals surface area (Å²) in [5.74, 6) is 2.72. The van der Waals surface area contributed by atoms with E-state index in [0.29, 0.717) is 0 Å². The molecule has 27 heavy (non-hydrogen) atoms. The van der Waals surface area contributed by atoms with Crippen LogP contribution < -0.4 is 5.32 Å². The molecule has 4 bridgehead atoms. The van der Waals surface area contributed by atoms with E-state index in [1.54, 1.807) is 11.8 Å². The molecule has 1 amide bonds. The van der Waals surface area contributed by atoms with Gasteiger partial charge in [0.15, 0.2) is 0 Å². The summed E-state index contributed by atoms with van der Waals surface area (Å²) < 4.78 is 0. The molecule has 140 valence electrons. The number of nitrogens with one attached hydrogen (secondary N) is 1. The highest BCUT2D eigenvalue weighted by Gasteiger charge is 2.51. The van der Waals surface area contributed by atoms with Crippen molar-refractivity contribution in [1.29, 1.82) is 0 Å². The van der Waals surface area contributed by atoms with E-state index in [-0.39, 0.29) is 16.7 Å². The van der Waals surface area contributed by atoms with Gasteiger partial charge in [-0.25, -0.2) is 0 Å². The van der Waals surface area contributed by atoms with Crippen LogP contribution in [0, 0.1) is 17.8 Å². The molecule has 0 spiro atoms. The van der Waals surface area contributed by atoms with Crippen molar-refractivity contribution >= 4 is 17.7 Å². The molecule has 1 unspecified atom stereocenters. The summed E-state index contributed by atoms with van der Waals surface area (Å²) in [6, 6.07) is 20.6. The number of thioether (sulfide) groups is 1. The standard InChI is InChI=1S/C24H27NOS/c26-23(25-24-14-17-11-18(15-24)13-19(12-17)16-24)22(20-7-3-1-4-8-20)27-21-9-5-2-6-10-21/h1-10,17-19,22H,11-16H2,(H,25,26). The fourth-order valence-electron chi connectivity index (χ4n) is 6.13. The van der Waals surface area contributed by atoms with Crippen LogP contribution in [0.3, 0.4) is 0 Å². The molecule has 1 N–H and O–H groups in total. The Morgan fingerprint density at radius 3 is 1.93 bits per heavy atom. The molecule has 4 saturated carbocycles. The van der Waals surface area contributed by atoms with E-state index in [2.05, 4.69) is 29.6 Å². The summed E-state index contributed by atoms with van der Waals surface area (Å²) in [6.45, 7) is 0. The molecule has 4 aliphatic carbocycles. The number of carbonyl (C=O) groups excluding carboxylic acids is 1. The number of rotatable bonds is 5. The van der Waals surface area contributed by atoms with Crippen molar-refractivity contribution < 1.29 is 4.79 Å². The second kappa shape index (κ2) is 7.01. The highest BCUT2D eigenvalue weighted by Crippen LogP contribution is 2.56. The minimum Gasteiger partial charge on any atom is -0.349 e. The fourth-order valence-corrected chi connectivity index (χ4v) is 7.17. The third-order valence-corrected chi connectivity index (χ3v) is 8.03. The molecule has 2 aromatic rings. The van der Waals surface area contributed by atoms with Gasteiger partial charge >= 0.3 is 0 Å². The van der Waals surface area contributed by atoms with Crippen molar-refractivity contribution in [1.82, 2.24) is 5.32 Å². The Morgan fingerprint density at radius 1 is 0.852 bits per heavy atom. The fraction of sp³-hybridized carbons (Fsp3) is 0.458. The van der Waals surface area contributed by atoms with Gasteiger partial charge in [-0.15, -0.1) is 11.8 Å². The lowest BCUT2D eigenvalue weighted by atomic mass is 9.53. The first-order chi connectivity index (χ1) is 13.2. The zero-order valence-corrected chi connectivity index (χ0v) is 16.5. The molecule has 0 radical (unpaired) electrons. The highest BCUT2D eigenvalue weighted by atomic mass is 32.2. The molecule has 0 saturated heterocycles. The third kappa shape index (κ3) is 3.54. The van der Waals surface area contributed by atoms with Gasteiger partial charge in [0, 0.05) is 10.4 Å². The van der Waals surface area contributed by atoms with Crippen LogP contribution >= 0.6 is 11.8 Å². The Balaban J connectivity index is 1.39. The van der Waals surface area contributed by atoms with Crippen molar-refractivity contribution in [2.75, 3.05) is 0 Å². The van der Waals surface area contributed by atoms with Gasteiger partial charge in [-0.2, -0.15) is 0 Å². The first kappa shape index (κ1) is 17.4. The van der Waals surface area contributed by atoms with E-state index >= 15 is 0 Å². The summed E-state index contributed by atoms with van der Waals surface area (Å²) in [4.78, 5) is 14.6. The lowest BCUT2D eigenvalue weighted by Crippen LogP contribution is -2.60. The third-order valence-electron chi connectivity index (χ3n) is 6.76. The molecular weight excluding hydrogens is 350 g/mol. The maximum atomic E-state index is 13.5. The van der Waals surface area contributed by atoms with E-state index in [0.717, 1.165) is 28.2 Å². The van der Waals surface area contributed by atoms with Gasteiger partial charge in [0.1, 0.15) is 5.25 Å². The second-order valence-electron chi connectivity index (χ2n) is 8.91. The molecule has 3 heteroatoms. The van der Waals surface area contributed by atoms with Crippen LogP contribution in [0.5, 0.6) is 0 Å². The number of amides is 1. The van der Waals surface area contributed by atoms with Crippen molar-refractivity contribution in [2.45, 2.75) is 54.2 Å². The molecule has 0 heterocycles. The summed E-state index contributed by atoms with van der Waals surface area (Å²) in [5, 5.41) is 3.39. The Bertz CT molecular complexity index is 768. The molecule has 1 atom stereocenters. The molecular formula is C24H27NOS. The number of hydrogen-bond acceptors (Lipinski definition) is 2. The molecule has 0 aromatic heterocycles. The van der Waals surface area contributed by atoms with Crippen LogP contribution in [-0.2, 0) is 4.79 Å². The van der Waals surface area contributed by atoms with E-state index in [1.165, 1.54) is 38.5 Å². The second-order valence-corrected chi connectivity index (χ2v) is 10.1. The molecule has 4 aliphatic rings. The Kier molecular flexibility index (Phi) is 4.51. The molecule has 4 fully saturated rings. The monoisotopic (exact) mass is 377 g/mol. The minimum atomic E-state index is -0.193. The van der Waals surface area contributed by atoms with Gasteiger partial charge in [-0.3, -0.25) is 4.79 Å². The maximum absolute atomic E-state index is 13.5. The van der Waals surface area contributed by atoms with Crippen molar-refractivity contribution in [3.8, 4) is 0 Å². The van der Waals surface area contributed by atoms with E-state index in [4.69, 9.17) is 0 Å². The summed E-state index contributed by atoms with van der Waals surface area (Å²) in [7, 11) is 0. The van der Waals surface area contributed by atoms with Crippen LogP contribution in [0.25, 0.3) is 0 Å². The smallest absolute Gasteiger partial charge is 0.238 e. The summed E-state index contributed by atoms with van der Waals surface area (Å²) in [6.07, 6.45) is 7.79. The lowest BCUT2D eigenvalue weighted by molar-refractivity contribution is -0.126. The largest absolute Gasteiger partial charge is 0.349 e.